The van der Waals surface area contributed by atoms with E-state index in [9.17, 15) is 13.2 Å². The van der Waals surface area contributed by atoms with Crippen molar-refractivity contribution in [3.63, 3.8) is 0 Å². The van der Waals surface area contributed by atoms with Gasteiger partial charge in [0.2, 0.25) is 0 Å². The van der Waals surface area contributed by atoms with E-state index >= 15 is 0 Å². The summed E-state index contributed by atoms with van der Waals surface area (Å²) in [7, 11) is 1.57. The van der Waals surface area contributed by atoms with Crippen LogP contribution in [0.3, 0.4) is 0 Å². The number of aromatic nitrogens is 2. The van der Waals surface area contributed by atoms with Crippen molar-refractivity contribution in [1.29, 1.82) is 0 Å². The molecule has 0 saturated heterocycles. The standard InChI is InChI=1S/C20H26F3N3O/c1-6-14(4)27-19-24-12-17(20(21,22)23)18(25-19)26(5)16-9-7-8-15(11-16)10-13(2)3/h7-9,11-14H,6,10H2,1-5H3. The van der Waals surface area contributed by atoms with E-state index < -0.39 is 11.7 Å². The molecular weight excluding hydrogens is 355 g/mol. The molecule has 0 radical (unpaired) electrons. The lowest BCUT2D eigenvalue weighted by molar-refractivity contribution is -0.137. The number of nitrogens with zero attached hydrogens (tertiary/aromatic N) is 3. The van der Waals surface area contributed by atoms with E-state index in [2.05, 4.69) is 23.8 Å². The SMILES string of the molecule is CCC(C)Oc1ncc(C(F)(F)F)c(N(C)c2cccc(CC(C)C)c2)n1. The number of anilines is 2. The van der Waals surface area contributed by atoms with Crippen molar-refractivity contribution in [3.05, 3.63) is 41.6 Å². The smallest absolute Gasteiger partial charge is 0.421 e. The monoisotopic (exact) mass is 381 g/mol. The Hall–Kier alpha value is -2.31. The van der Waals surface area contributed by atoms with Crippen molar-refractivity contribution in [2.24, 2.45) is 5.92 Å². The molecule has 1 aromatic carbocycles. The molecule has 1 aromatic heterocycles. The van der Waals surface area contributed by atoms with E-state index in [0.717, 1.165) is 18.2 Å². The molecule has 1 unspecified atom stereocenters. The lowest BCUT2D eigenvalue weighted by Crippen LogP contribution is -2.20. The van der Waals surface area contributed by atoms with E-state index in [-0.39, 0.29) is 17.9 Å². The maximum atomic E-state index is 13.5. The fourth-order valence-corrected chi connectivity index (χ4v) is 2.62. The van der Waals surface area contributed by atoms with Gasteiger partial charge in [-0.3, -0.25) is 0 Å². The molecule has 0 aliphatic rings. The van der Waals surface area contributed by atoms with Crippen LogP contribution in [0.4, 0.5) is 24.7 Å². The van der Waals surface area contributed by atoms with Gasteiger partial charge in [0.15, 0.2) is 5.82 Å². The molecule has 0 N–H and O–H groups in total. The molecular formula is C20H26F3N3O. The molecule has 2 rings (SSSR count). The minimum absolute atomic E-state index is 0.0578. The second-order valence-corrected chi connectivity index (χ2v) is 7.05. The Kier molecular flexibility index (Phi) is 6.68. The third-order valence-electron chi connectivity index (χ3n) is 4.19. The fraction of sp³-hybridized carbons (Fsp3) is 0.500. The first-order chi connectivity index (χ1) is 12.6. The quantitative estimate of drug-likeness (QED) is 0.622. The predicted octanol–water partition coefficient (Wildman–Crippen LogP) is 5.64. The predicted molar refractivity (Wildman–Crippen MR) is 100 cm³/mol. The van der Waals surface area contributed by atoms with E-state index in [4.69, 9.17) is 4.74 Å². The summed E-state index contributed by atoms with van der Waals surface area (Å²) in [5.74, 6) is 0.225. The van der Waals surface area contributed by atoms with Gasteiger partial charge in [0.1, 0.15) is 5.56 Å². The van der Waals surface area contributed by atoms with Gasteiger partial charge in [0.25, 0.3) is 0 Å². The molecule has 0 fully saturated rings. The zero-order valence-corrected chi connectivity index (χ0v) is 16.3. The normalized spacial score (nSPS) is 12.9. The fourth-order valence-electron chi connectivity index (χ4n) is 2.62. The summed E-state index contributed by atoms with van der Waals surface area (Å²) in [6.45, 7) is 7.93. The summed E-state index contributed by atoms with van der Waals surface area (Å²) in [4.78, 5) is 9.24. The molecule has 4 nitrogen and oxygen atoms in total. The van der Waals surface area contributed by atoms with Crippen LogP contribution in [-0.4, -0.2) is 23.1 Å². The zero-order valence-electron chi connectivity index (χ0n) is 16.3. The molecule has 0 bridgehead atoms. The molecule has 1 heterocycles. The van der Waals surface area contributed by atoms with Crippen LogP contribution in [0, 0.1) is 5.92 Å². The number of ether oxygens (including phenoxy) is 1. The Morgan fingerprint density at radius 1 is 1.19 bits per heavy atom. The number of hydrogen-bond acceptors (Lipinski definition) is 4. The van der Waals surface area contributed by atoms with Gasteiger partial charge < -0.3 is 9.64 Å². The van der Waals surface area contributed by atoms with Crippen molar-refractivity contribution in [1.82, 2.24) is 9.97 Å². The highest BCUT2D eigenvalue weighted by Gasteiger charge is 2.37. The van der Waals surface area contributed by atoms with Gasteiger partial charge in [-0.2, -0.15) is 18.2 Å². The molecule has 0 spiro atoms. The third-order valence-corrected chi connectivity index (χ3v) is 4.19. The first-order valence-corrected chi connectivity index (χ1v) is 9.05. The maximum absolute atomic E-state index is 13.5. The Morgan fingerprint density at radius 3 is 2.48 bits per heavy atom. The van der Waals surface area contributed by atoms with Crippen molar-refractivity contribution < 1.29 is 17.9 Å². The van der Waals surface area contributed by atoms with Crippen molar-refractivity contribution in [2.75, 3.05) is 11.9 Å². The molecule has 2 aromatic rings. The van der Waals surface area contributed by atoms with E-state index in [1.54, 1.807) is 13.1 Å². The molecule has 1 atom stereocenters. The second kappa shape index (κ2) is 8.59. The van der Waals surface area contributed by atoms with E-state index in [1.165, 1.54) is 4.90 Å². The Balaban J connectivity index is 2.45. The van der Waals surface area contributed by atoms with Crippen LogP contribution >= 0.6 is 0 Å². The summed E-state index contributed by atoms with van der Waals surface area (Å²) >= 11 is 0. The summed E-state index contributed by atoms with van der Waals surface area (Å²) in [5, 5.41) is 0. The van der Waals surface area contributed by atoms with Gasteiger partial charge in [-0.1, -0.05) is 32.9 Å². The zero-order chi connectivity index (χ0) is 20.2. The van der Waals surface area contributed by atoms with Crippen LogP contribution in [0.25, 0.3) is 0 Å². The largest absolute Gasteiger partial charge is 0.460 e. The van der Waals surface area contributed by atoms with Gasteiger partial charge in [0.05, 0.1) is 6.10 Å². The van der Waals surface area contributed by atoms with E-state index in [1.807, 2.05) is 32.0 Å². The molecule has 0 amide bonds. The minimum atomic E-state index is -4.56. The first kappa shape index (κ1) is 21.0. The van der Waals surface area contributed by atoms with Crippen molar-refractivity contribution in [3.8, 4) is 6.01 Å². The summed E-state index contributed by atoms with van der Waals surface area (Å²) in [5.41, 5.74) is 0.802. The van der Waals surface area contributed by atoms with Crippen LogP contribution in [0.15, 0.2) is 30.5 Å². The molecule has 7 heteroatoms. The third kappa shape index (κ3) is 5.58. The van der Waals surface area contributed by atoms with Gasteiger partial charge in [0, 0.05) is 18.9 Å². The molecule has 0 aliphatic carbocycles. The lowest BCUT2D eigenvalue weighted by Gasteiger charge is -2.23. The average molecular weight is 381 g/mol. The number of halogens is 3. The Morgan fingerprint density at radius 2 is 1.89 bits per heavy atom. The number of benzene rings is 1. The second-order valence-electron chi connectivity index (χ2n) is 7.05. The Labute approximate surface area is 158 Å². The van der Waals surface area contributed by atoms with E-state index in [0.29, 0.717) is 18.0 Å². The summed E-state index contributed by atoms with van der Waals surface area (Å²) < 4.78 is 46.0. The highest BCUT2D eigenvalue weighted by molar-refractivity contribution is 5.63. The summed E-state index contributed by atoms with van der Waals surface area (Å²) in [6.07, 6.45) is -2.41. The molecule has 148 valence electrons. The average Bonchev–Trinajstić information content (AvgIpc) is 2.59. The van der Waals surface area contributed by atoms with Gasteiger partial charge in [-0.05, 0) is 43.4 Å². The lowest BCUT2D eigenvalue weighted by atomic mass is 10.0. The van der Waals surface area contributed by atoms with Crippen molar-refractivity contribution >= 4 is 11.5 Å². The van der Waals surface area contributed by atoms with Crippen LogP contribution in [0.1, 0.15) is 45.2 Å². The maximum Gasteiger partial charge on any atom is 0.421 e. The molecule has 0 saturated carbocycles. The van der Waals surface area contributed by atoms with Crippen molar-refractivity contribution in [2.45, 2.75) is 52.8 Å². The number of alkyl halides is 3. The van der Waals surface area contributed by atoms with Gasteiger partial charge >= 0.3 is 12.2 Å². The Bertz CT molecular complexity index is 762. The van der Waals surface area contributed by atoms with Crippen LogP contribution in [0.2, 0.25) is 0 Å². The molecule has 0 aliphatic heterocycles. The van der Waals surface area contributed by atoms with Gasteiger partial charge in [-0.15, -0.1) is 0 Å². The molecule has 27 heavy (non-hydrogen) atoms. The van der Waals surface area contributed by atoms with Crippen LogP contribution in [0.5, 0.6) is 6.01 Å². The highest BCUT2D eigenvalue weighted by atomic mass is 19.4. The topological polar surface area (TPSA) is 38.2 Å². The first-order valence-electron chi connectivity index (χ1n) is 9.05. The summed E-state index contributed by atoms with van der Waals surface area (Å²) in [6, 6.07) is 7.41. The minimum Gasteiger partial charge on any atom is -0.460 e. The number of hydrogen-bond donors (Lipinski definition) is 0. The number of rotatable bonds is 7. The highest BCUT2D eigenvalue weighted by Crippen LogP contribution is 2.38. The van der Waals surface area contributed by atoms with Gasteiger partial charge in [-0.25, -0.2) is 4.98 Å². The van der Waals surface area contributed by atoms with Crippen LogP contribution < -0.4 is 9.64 Å². The van der Waals surface area contributed by atoms with Crippen LogP contribution in [-0.2, 0) is 12.6 Å².